The first-order valence-electron chi connectivity index (χ1n) is 5.50. The fraction of sp³-hybridized carbons (Fsp3) is 0.167. The average molecular weight is 261 g/mol. The maximum absolute atomic E-state index is 11.9. The first kappa shape index (κ1) is 12.9. The smallest absolute Gasteiger partial charge is 0.286 e. The molecule has 0 radical (unpaired) electrons. The Bertz CT molecular complexity index is 623. The molecule has 0 fully saturated rings. The van der Waals surface area contributed by atoms with E-state index < -0.39 is 4.92 Å². The van der Waals surface area contributed by atoms with Gasteiger partial charge in [0.15, 0.2) is 0 Å². The quantitative estimate of drug-likeness (QED) is 0.410. The summed E-state index contributed by atoms with van der Waals surface area (Å²) < 4.78 is 0.576. The van der Waals surface area contributed by atoms with E-state index in [2.05, 4.69) is 0 Å². The summed E-state index contributed by atoms with van der Waals surface area (Å²) in [4.78, 5) is 22.1. The lowest BCUT2D eigenvalue weighted by Gasteiger charge is -2.33. The molecule has 0 bridgehead atoms. The van der Waals surface area contributed by atoms with Gasteiger partial charge in [0.2, 0.25) is 5.70 Å². The number of rotatable bonds is 1. The molecule has 0 saturated heterocycles. The molecule has 0 N–H and O–H groups in total. The second-order valence-electron chi connectivity index (χ2n) is 4.14. The first-order chi connectivity index (χ1) is 8.91. The zero-order chi connectivity index (χ0) is 14.2. The molecular weight excluding hydrogens is 250 g/mol. The molecule has 0 saturated carbocycles. The lowest BCUT2D eigenvalue weighted by molar-refractivity contribution is -0.442. The summed E-state index contributed by atoms with van der Waals surface area (Å²) in [5.41, 5.74) is 0.390. The lowest BCUT2D eigenvalue weighted by atomic mass is 10.1. The van der Waals surface area contributed by atoms with Crippen molar-refractivity contribution in [3.05, 3.63) is 79.1 Å². The fourth-order valence-electron chi connectivity index (χ4n) is 1.78. The highest BCUT2D eigenvalue weighted by molar-refractivity contribution is 5.41. The molecule has 98 valence electrons. The van der Waals surface area contributed by atoms with E-state index in [9.17, 15) is 20.2 Å². The highest BCUT2D eigenvalue weighted by atomic mass is 16.6. The summed E-state index contributed by atoms with van der Waals surface area (Å²) >= 11 is 0. The Morgan fingerprint density at radius 2 is 2.00 bits per heavy atom. The Labute approximate surface area is 108 Å². The predicted octanol–water partition coefficient (Wildman–Crippen LogP) is 2.33. The molecule has 19 heavy (non-hydrogen) atoms. The largest absolute Gasteiger partial charge is 0.754 e. The maximum atomic E-state index is 11.9. The molecular formula is C12H11N3O4. The molecule has 2 aliphatic rings. The third kappa shape index (κ3) is 2.23. The van der Waals surface area contributed by atoms with E-state index in [1.54, 1.807) is 19.1 Å². The van der Waals surface area contributed by atoms with Gasteiger partial charge in [-0.3, -0.25) is 10.1 Å². The molecule has 0 unspecified atom stereocenters. The third-order valence-corrected chi connectivity index (χ3v) is 2.78. The molecule has 2 aliphatic heterocycles. The maximum Gasteiger partial charge on any atom is 0.286 e. The minimum atomic E-state index is -0.596. The standard InChI is InChI=1S/C12H11N3O4/c1-8-4-3-5-11(13(8)16)12-7-10(15(18)19)6-9(2)14(12)17/h3-7H,1-2H3. The summed E-state index contributed by atoms with van der Waals surface area (Å²) in [6, 6.07) is 0. The molecule has 0 aromatic heterocycles. The molecule has 0 spiro atoms. The van der Waals surface area contributed by atoms with E-state index in [1.165, 1.54) is 19.1 Å². The Kier molecular flexibility index (Phi) is 3.14. The predicted molar refractivity (Wildman–Crippen MR) is 67.6 cm³/mol. The van der Waals surface area contributed by atoms with Crippen LogP contribution in [0.5, 0.6) is 0 Å². The van der Waals surface area contributed by atoms with E-state index in [0.717, 1.165) is 6.08 Å². The van der Waals surface area contributed by atoms with Crippen LogP contribution in [0, 0.1) is 20.2 Å². The number of nitroso groups, excluding NO2 is 1. The number of hydrogen-bond acceptors (Lipinski definition) is 5. The zero-order valence-corrected chi connectivity index (χ0v) is 10.4. The Hall–Kier alpha value is -2.54. The van der Waals surface area contributed by atoms with Gasteiger partial charge in [-0.1, -0.05) is 0 Å². The molecule has 0 aliphatic carbocycles. The summed E-state index contributed by atoms with van der Waals surface area (Å²) in [5.74, 6) is 0. The Balaban J connectivity index is 2.58. The molecule has 7 heteroatoms. The molecule has 7 nitrogen and oxygen atoms in total. The van der Waals surface area contributed by atoms with Crippen LogP contribution in [-0.2, 0) is 0 Å². The summed E-state index contributed by atoms with van der Waals surface area (Å²) in [6.07, 6.45) is 6.93. The number of allylic oxidation sites excluding steroid dienone is 7. The molecule has 2 heterocycles. The normalized spacial score (nSPS) is 23.0. The van der Waals surface area contributed by atoms with Gasteiger partial charge in [0, 0.05) is 41.8 Å². The van der Waals surface area contributed by atoms with Crippen molar-refractivity contribution < 1.29 is 9.68 Å². The van der Waals surface area contributed by atoms with E-state index in [1.807, 2.05) is 0 Å². The van der Waals surface area contributed by atoms with Crippen LogP contribution in [0.25, 0.3) is 0 Å². The highest BCUT2D eigenvalue weighted by Gasteiger charge is 2.29. The van der Waals surface area contributed by atoms with E-state index in [-0.39, 0.29) is 22.8 Å². The van der Waals surface area contributed by atoms with Crippen LogP contribution in [-0.4, -0.2) is 14.7 Å². The van der Waals surface area contributed by atoms with Gasteiger partial charge in [-0.15, -0.1) is 0 Å². The molecule has 2 rings (SSSR count). The molecule has 0 amide bonds. The van der Waals surface area contributed by atoms with Gasteiger partial charge in [-0.05, 0) is 13.0 Å². The van der Waals surface area contributed by atoms with E-state index >= 15 is 0 Å². The van der Waals surface area contributed by atoms with Crippen molar-refractivity contribution in [2.75, 3.05) is 0 Å². The fourth-order valence-corrected chi connectivity index (χ4v) is 1.78. The van der Waals surface area contributed by atoms with Gasteiger partial charge in [0.25, 0.3) is 11.4 Å². The van der Waals surface area contributed by atoms with Gasteiger partial charge >= 0.3 is 0 Å². The minimum absolute atomic E-state index is 0.0367. The van der Waals surface area contributed by atoms with Crippen molar-refractivity contribution in [2.24, 2.45) is 0 Å². The van der Waals surface area contributed by atoms with Gasteiger partial charge in [-0.25, -0.2) is 0 Å². The van der Waals surface area contributed by atoms with Crippen LogP contribution in [0.3, 0.4) is 0 Å². The number of hydrogen-bond donors (Lipinski definition) is 0. The Morgan fingerprint density at radius 1 is 1.32 bits per heavy atom. The average Bonchev–Trinajstić information content (AvgIpc) is 2.36. The van der Waals surface area contributed by atoms with Crippen LogP contribution in [0.2, 0.25) is 0 Å². The highest BCUT2D eigenvalue weighted by Crippen LogP contribution is 2.27. The minimum Gasteiger partial charge on any atom is -0.754 e. The summed E-state index contributed by atoms with van der Waals surface area (Å²) in [5, 5.41) is 23.3. The van der Waals surface area contributed by atoms with Crippen molar-refractivity contribution in [2.45, 2.75) is 13.8 Å². The molecule has 0 aromatic carbocycles. The van der Waals surface area contributed by atoms with E-state index in [0.29, 0.717) is 15.5 Å². The summed E-state index contributed by atoms with van der Waals surface area (Å²) in [6.45, 7) is 3.05. The Morgan fingerprint density at radius 3 is 2.63 bits per heavy atom. The van der Waals surface area contributed by atoms with Crippen LogP contribution < -0.4 is 0 Å². The summed E-state index contributed by atoms with van der Waals surface area (Å²) in [7, 11) is 0. The zero-order valence-electron chi connectivity index (χ0n) is 10.4. The van der Waals surface area contributed by atoms with Gasteiger partial charge in [-0.2, -0.15) is 0 Å². The molecule has 0 aromatic rings. The van der Waals surface area contributed by atoms with Crippen molar-refractivity contribution in [3.63, 3.8) is 0 Å². The first-order valence-corrected chi connectivity index (χ1v) is 5.50. The van der Waals surface area contributed by atoms with Gasteiger partial charge < -0.3 is 10.3 Å². The second kappa shape index (κ2) is 4.62. The SMILES string of the molecule is CC1=CC([N+](=O)[O-])=CC(=C2C=CC=C(C)[N+]2=O)N1[O-]. The van der Waals surface area contributed by atoms with Crippen molar-refractivity contribution >= 4 is 0 Å². The number of nitrogens with zero attached hydrogens (tertiary/aromatic N) is 3. The molecule has 0 atom stereocenters. The number of hydroxylamine groups is 2. The van der Waals surface area contributed by atoms with Crippen molar-refractivity contribution in [1.29, 1.82) is 0 Å². The van der Waals surface area contributed by atoms with Crippen molar-refractivity contribution in [1.82, 2.24) is 5.06 Å². The van der Waals surface area contributed by atoms with Crippen LogP contribution >= 0.6 is 0 Å². The monoisotopic (exact) mass is 261 g/mol. The topological polar surface area (TPSA) is 89.5 Å². The van der Waals surface area contributed by atoms with Crippen LogP contribution in [0.4, 0.5) is 0 Å². The van der Waals surface area contributed by atoms with Gasteiger partial charge in [0.1, 0.15) is 5.70 Å². The third-order valence-electron chi connectivity index (χ3n) is 2.78. The van der Waals surface area contributed by atoms with Crippen molar-refractivity contribution in [3.8, 4) is 0 Å². The van der Waals surface area contributed by atoms with Crippen LogP contribution in [0.1, 0.15) is 13.8 Å². The number of nitro groups is 1. The van der Waals surface area contributed by atoms with Gasteiger partial charge in [0.05, 0.1) is 9.68 Å². The van der Waals surface area contributed by atoms with E-state index in [4.69, 9.17) is 0 Å². The second-order valence-corrected chi connectivity index (χ2v) is 4.14. The van der Waals surface area contributed by atoms with Crippen LogP contribution in [0.15, 0.2) is 58.9 Å². The lowest BCUT2D eigenvalue weighted by Crippen LogP contribution is -2.22.